The van der Waals surface area contributed by atoms with Crippen LogP contribution < -0.4 is 10.6 Å². The normalized spacial score (nSPS) is 20.2. The van der Waals surface area contributed by atoms with Crippen LogP contribution in [0.4, 0.5) is 10.5 Å². The van der Waals surface area contributed by atoms with Crippen molar-refractivity contribution in [3.8, 4) is 0 Å². The maximum Gasteiger partial charge on any atom is 0.325 e. The highest BCUT2D eigenvalue weighted by Crippen LogP contribution is 2.27. The molecule has 0 radical (unpaired) electrons. The molecule has 0 bridgehead atoms. The van der Waals surface area contributed by atoms with Gasteiger partial charge < -0.3 is 10.6 Å². The first kappa shape index (κ1) is 19.5. The Balaban J connectivity index is 2.03. The maximum absolute atomic E-state index is 12.6. The largest absolute Gasteiger partial charge is 0.325 e. The summed E-state index contributed by atoms with van der Waals surface area (Å²) >= 11 is 11.8. The summed E-state index contributed by atoms with van der Waals surface area (Å²) in [5, 5.41) is 5.99. The van der Waals surface area contributed by atoms with Gasteiger partial charge >= 0.3 is 6.03 Å². The van der Waals surface area contributed by atoms with Crippen molar-refractivity contribution in [2.45, 2.75) is 39.2 Å². The third-order valence-electron chi connectivity index (χ3n) is 4.07. The van der Waals surface area contributed by atoms with Gasteiger partial charge in [-0.25, -0.2) is 4.79 Å². The van der Waals surface area contributed by atoms with E-state index in [4.69, 9.17) is 23.2 Å². The van der Waals surface area contributed by atoms with Gasteiger partial charge in [0.25, 0.3) is 5.91 Å². The van der Waals surface area contributed by atoms with Crippen LogP contribution in [-0.2, 0) is 9.59 Å². The Labute approximate surface area is 156 Å². The van der Waals surface area contributed by atoms with Crippen molar-refractivity contribution in [2.24, 2.45) is 5.92 Å². The summed E-state index contributed by atoms with van der Waals surface area (Å²) in [6, 6.07) is 4.07. The second kappa shape index (κ2) is 7.62. The van der Waals surface area contributed by atoms with Crippen molar-refractivity contribution in [1.82, 2.24) is 10.2 Å². The third kappa shape index (κ3) is 4.64. The highest BCUT2D eigenvalue weighted by molar-refractivity contribution is 6.36. The number of urea groups is 1. The number of imide groups is 1. The van der Waals surface area contributed by atoms with Crippen LogP contribution in [0.5, 0.6) is 0 Å². The lowest BCUT2D eigenvalue weighted by Gasteiger charge is -2.22. The number of carbonyl (C=O) groups is 3. The average molecular weight is 386 g/mol. The number of nitrogens with zero attached hydrogens (tertiary/aromatic N) is 1. The van der Waals surface area contributed by atoms with E-state index in [9.17, 15) is 14.4 Å². The van der Waals surface area contributed by atoms with Crippen LogP contribution in [-0.4, -0.2) is 34.8 Å². The average Bonchev–Trinajstić information content (AvgIpc) is 2.72. The first-order valence-corrected chi connectivity index (χ1v) is 8.77. The van der Waals surface area contributed by atoms with Gasteiger partial charge in [0.15, 0.2) is 0 Å². The summed E-state index contributed by atoms with van der Waals surface area (Å²) in [6.07, 6.45) is 1.32. The predicted molar refractivity (Wildman–Crippen MR) is 97.8 cm³/mol. The van der Waals surface area contributed by atoms with Gasteiger partial charge in [-0.1, -0.05) is 37.0 Å². The zero-order valence-electron chi connectivity index (χ0n) is 14.4. The quantitative estimate of drug-likeness (QED) is 0.733. The fraction of sp³-hybridized carbons (Fsp3) is 0.471. The molecule has 4 amide bonds. The summed E-state index contributed by atoms with van der Waals surface area (Å²) in [6.45, 7) is 5.40. The molecule has 25 heavy (non-hydrogen) atoms. The first-order valence-electron chi connectivity index (χ1n) is 8.01. The Morgan fingerprint density at radius 3 is 2.60 bits per heavy atom. The van der Waals surface area contributed by atoms with Crippen LogP contribution in [0.3, 0.4) is 0 Å². The van der Waals surface area contributed by atoms with Crippen LogP contribution in [0.15, 0.2) is 18.2 Å². The maximum atomic E-state index is 12.6. The number of hydrogen-bond donors (Lipinski definition) is 2. The zero-order chi connectivity index (χ0) is 18.8. The number of amides is 4. The van der Waals surface area contributed by atoms with Crippen molar-refractivity contribution < 1.29 is 14.4 Å². The van der Waals surface area contributed by atoms with E-state index in [1.54, 1.807) is 19.1 Å². The summed E-state index contributed by atoms with van der Waals surface area (Å²) in [5.41, 5.74) is -0.606. The fourth-order valence-corrected chi connectivity index (χ4v) is 3.02. The Morgan fingerprint density at radius 1 is 1.32 bits per heavy atom. The highest BCUT2D eigenvalue weighted by Gasteiger charge is 2.47. The lowest BCUT2D eigenvalue weighted by Crippen LogP contribution is -2.44. The van der Waals surface area contributed by atoms with Gasteiger partial charge in [0.1, 0.15) is 12.1 Å². The van der Waals surface area contributed by atoms with Crippen LogP contribution >= 0.6 is 23.2 Å². The van der Waals surface area contributed by atoms with Crippen molar-refractivity contribution >= 4 is 46.7 Å². The molecule has 1 atom stereocenters. The van der Waals surface area contributed by atoms with E-state index in [0.29, 0.717) is 23.0 Å². The van der Waals surface area contributed by atoms with Crippen molar-refractivity contribution in [2.75, 3.05) is 11.9 Å². The molecule has 2 rings (SSSR count). The van der Waals surface area contributed by atoms with E-state index < -0.39 is 23.4 Å². The van der Waals surface area contributed by atoms with Crippen LogP contribution in [0.2, 0.25) is 10.0 Å². The minimum absolute atomic E-state index is 0.278. The Bertz CT molecular complexity index is 708. The molecule has 1 heterocycles. The second-order valence-electron chi connectivity index (χ2n) is 6.76. The second-order valence-corrected chi connectivity index (χ2v) is 7.60. The molecular formula is C17H21Cl2N3O3. The Hall–Kier alpha value is -1.79. The van der Waals surface area contributed by atoms with Gasteiger partial charge in [-0.05, 0) is 43.9 Å². The molecular weight excluding hydrogens is 365 g/mol. The topological polar surface area (TPSA) is 78.5 Å². The van der Waals surface area contributed by atoms with Crippen LogP contribution in [0.25, 0.3) is 0 Å². The molecule has 0 aromatic heterocycles. The van der Waals surface area contributed by atoms with Gasteiger partial charge in [-0.15, -0.1) is 0 Å². The molecule has 1 aliphatic heterocycles. The first-order chi connectivity index (χ1) is 11.6. The summed E-state index contributed by atoms with van der Waals surface area (Å²) in [7, 11) is 0. The molecule has 1 unspecified atom stereocenters. The Morgan fingerprint density at radius 2 is 2.00 bits per heavy atom. The molecule has 1 aromatic rings. The van der Waals surface area contributed by atoms with E-state index in [-0.39, 0.29) is 11.6 Å². The summed E-state index contributed by atoms with van der Waals surface area (Å²) in [5.74, 6) is -0.498. The molecule has 1 aliphatic rings. The highest BCUT2D eigenvalue weighted by atomic mass is 35.5. The van der Waals surface area contributed by atoms with E-state index in [0.717, 1.165) is 11.3 Å². The van der Waals surface area contributed by atoms with Gasteiger partial charge in [-0.3, -0.25) is 14.5 Å². The lowest BCUT2D eigenvalue weighted by atomic mass is 9.92. The molecule has 136 valence electrons. The number of rotatable bonds is 6. The third-order valence-corrected chi connectivity index (χ3v) is 4.62. The van der Waals surface area contributed by atoms with E-state index in [2.05, 4.69) is 10.6 Å². The fourth-order valence-electron chi connectivity index (χ4n) is 2.56. The Kier molecular flexibility index (Phi) is 5.95. The molecule has 1 aromatic carbocycles. The molecule has 2 N–H and O–H groups in total. The smallest absolute Gasteiger partial charge is 0.323 e. The minimum atomic E-state index is -0.973. The van der Waals surface area contributed by atoms with Gasteiger partial charge in [0.2, 0.25) is 5.91 Å². The SMILES string of the molecule is CC(C)CCC1(C)NC(=O)N(CC(=O)Nc2ccc(Cl)cc2Cl)C1=O. The van der Waals surface area contributed by atoms with Crippen LogP contribution in [0.1, 0.15) is 33.6 Å². The van der Waals surface area contributed by atoms with E-state index in [1.165, 1.54) is 6.07 Å². The van der Waals surface area contributed by atoms with Crippen molar-refractivity contribution in [3.63, 3.8) is 0 Å². The summed E-state index contributed by atoms with van der Waals surface area (Å²) < 4.78 is 0. The molecule has 0 saturated carbocycles. The number of benzene rings is 1. The molecule has 8 heteroatoms. The minimum Gasteiger partial charge on any atom is -0.323 e. The molecule has 0 aliphatic carbocycles. The number of halogens is 2. The van der Waals surface area contributed by atoms with Gasteiger partial charge in [0, 0.05) is 5.02 Å². The molecule has 6 nitrogen and oxygen atoms in total. The molecule has 0 spiro atoms. The molecule has 1 fully saturated rings. The number of anilines is 1. The zero-order valence-corrected chi connectivity index (χ0v) is 15.9. The molecule has 1 saturated heterocycles. The number of hydrogen-bond acceptors (Lipinski definition) is 3. The van der Waals surface area contributed by atoms with Gasteiger partial charge in [0.05, 0.1) is 10.7 Å². The predicted octanol–water partition coefficient (Wildman–Crippen LogP) is 3.68. The number of carbonyl (C=O) groups excluding carboxylic acids is 3. The summed E-state index contributed by atoms with van der Waals surface area (Å²) in [4.78, 5) is 37.8. The standard InChI is InChI=1S/C17H21Cl2N3O3/c1-10(2)6-7-17(3)15(24)22(16(25)21-17)9-14(23)20-13-5-4-11(18)8-12(13)19/h4-5,8,10H,6-7,9H2,1-3H3,(H,20,23)(H,21,25). The van der Waals surface area contributed by atoms with E-state index in [1.807, 2.05) is 13.8 Å². The van der Waals surface area contributed by atoms with Crippen LogP contribution in [0, 0.1) is 5.92 Å². The number of nitrogens with one attached hydrogen (secondary N) is 2. The van der Waals surface area contributed by atoms with Gasteiger partial charge in [-0.2, -0.15) is 0 Å². The monoisotopic (exact) mass is 385 g/mol. The van der Waals surface area contributed by atoms with E-state index >= 15 is 0 Å². The van der Waals surface area contributed by atoms with Crippen molar-refractivity contribution in [3.05, 3.63) is 28.2 Å². The van der Waals surface area contributed by atoms with Crippen molar-refractivity contribution in [1.29, 1.82) is 0 Å². The lowest BCUT2D eigenvalue weighted by molar-refractivity contribution is -0.133.